The maximum absolute atomic E-state index is 3.89. The third-order valence-electron chi connectivity index (χ3n) is 1.15. The van der Waals surface area contributed by atoms with Crippen LogP contribution in [0.2, 0.25) is 0 Å². The van der Waals surface area contributed by atoms with Crippen molar-refractivity contribution in [3.05, 3.63) is 24.3 Å². The second-order valence-corrected chi connectivity index (χ2v) is 2.53. The van der Waals surface area contributed by atoms with E-state index in [1.807, 2.05) is 24.3 Å². The molecular formula is C6H4FeN2S. The standard InChI is InChI=1S/C6H4N2S.Fe/c1-2-4-6-5(3-1)7-8-9-6;/h1-4H;. The van der Waals surface area contributed by atoms with Gasteiger partial charge in [0.1, 0.15) is 5.52 Å². The molecule has 0 N–H and O–H groups in total. The van der Waals surface area contributed by atoms with Gasteiger partial charge in [-0.05, 0) is 23.7 Å². The SMILES string of the molecule is [Fe].c1ccc2snnc2c1. The Kier molecular flexibility index (Phi) is 2.38. The van der Waals surface area contributed by atoms with E-state index in [-0.39, 0.29) is 17.1 Å². The fourth-order valence-electron chi connectivity index (χ4n) is 0.725. The molecule has 2 aromatic rings. The van der Waals surface area contributed by atoms with Crippen LogP contribution >= 0.6 is 11.5 Å². The van der Waals surface area contributed by atoms with Gasteiger partial charge in [-0.2, -0.15) is 0 Å². The van der Waals surface area contributed by atoms with Crippen molar-refractivity contribution in [1.29, 1.82) is 0 Å². The number of fused-ring (bicyclic) bond motifs is 1. The van der Waals surface area contributed by atoms with Crippen LogP contribution in [0.1, 0.15) is 0 Å². The van der Waals surface area contributed by atoms with Crippen molar-refractivity contribution in [2.24, 2.45) is 0 Å². The van der Waals surface area contributed by atoms with Crippen molar-refractivity contribution in [3.8, 4) is 0 Å². The molecule has 0 fully saturated rings. The molecule has 0 aliphatic carbocycles. The number of nitrogens with zero attached hydrogens (tertiary/aromatic N) is 2. The summed E-state index contributed by atoms with van der Waals surface area (Å²) in [7, 11) is 0. The molecule has 52 valence electrons. The first kappa shape index (κ1) is 7.66. The van der Waals surface area contributed by atoms with E-state index in [1.165, 1.54) is 11.5 Å². The van der Waals surface area contributed by atoms with Crippen molar-refractivity contribution < 1.29 is 17.1 Å². The summed E-state index contributed by atoms with van der Waals surface area (Å²) in [6.07, 6.45) is 0. The summed E-state index contributed by atoms with van der Waals surface area (Å²) in [4.78, 5) is 0. The molecule has 0 spiro atoms. The minimum atomic E-state index is 0. The smallest absolute Gasteiger partial charge is 0.105 e. The van der Waals surface area contributed by atoms with Gasteiger partial charge in [0.15, 0.2) is 0 Å². The van der Waals surface area contributed by atoms with Crippen LogP contribution in [-0.4, -0.2) is 9.59 Å². The van der Waals surface area contributed by atoms with E-state index in [0.29, 0.717) is 0 Å². The van der Waals surface area contributed by atoms with Crippen LogP contribution in [0.25, 0.3) is 10.2 Å². The summed E-state index contributed by atoms with van der Waals surface area (Å²) in [6.45, 7) is 0. The van der Waals surface area contributed by atoms with E-state index >= 15 is 0 Å². The Morgan fingerprint density at radius 2 is 2.00 bits per heavy atom. The molecule has 0 radical (unpaired) electrons. The molecule has 0 aliphatic heterocycles. The quantitative estimate of drug-likeness (QED) is 0.593. The molecular weight excluding hydrogens is 188 g/mol. The molecule has 1 aromatic heterocycles. The van der Waals surface area contributed by atoms with Crippen LogP contribution < -0.4 is 0 Å². The number of hydrogen-bond donors (Lipinski definition) is 0. The molecule has 0 unspecified atom stereocenters. The second kappa shape index (κ2) is 3.10. The van der Waals surface area contributed by atoms with Gasteiger partial charge in [-0.25, -0.2) is 0 Å². The van der Waals surface area contributed by atoms with Gasteiger partial charge in [-0.15, -0.1) is 5.10 Å². The zero-order chi connectivity index (χ0) is 6.10. The van der Waals surface area contributed by atoms with Crippen LogP contribution in [0.3, 0.4) is 0 Å². The summed E-state index contributed by atoms with van der Waals surface area (Å²) >= 11 is 1.43. The van der Waals surface area contributed by atoms with Crippen molar-refractivity contribution in [1.82, 2.24) is 9.59 Å². The topological polar surface area (TPSA) is 25.8 Å². The Labute approximate surface area is 72.9 Å². The van der Waals surface area contributed by atoms with Crippen molar-refractivity contribution in [3.63, 3.8) is 0 Å². The van der Waals surface area contributed by atoms with Crippen molar-refractivity contribution in [2.45, 2.75) is 0 Å². The minimum Gasteiger partial charge on any atom is -0.138 e. The molecule has 0 saturated heterocycles. The predicted octanol–water partition coefficient (Wildman–Crippen LogP) is 1.69. The largest absolute Gasteiger partial charge is 0.138 e. The average molecular weight is 192 g/mol. The van der Waals surface area contributed by atoms with Crippen molar-refractivity contribution >= 4 is 21.7 Å². The minimum absolute atomic E-state index is 0. The maximum atomic E-state index is 3.89. The number of hydrogen-bond acceptors (Lipinski definition) is 3. The van der Waals surface area contributed by atoms with Gasteiger partial charge in [0, 0.05) is 17.1 Å². The van der Waals surface area contributed by atoms with Crippen LogP contribution in [0, 0.1) is 0 Å². The van der Waals surface area contributed by atoms with E-state index in [4.69, 9.17) is 0 Å². The fraction of sp³-hybridized carbons (Fsp3) is 0. The van der Waals surface area contributed by atoms with Gasteiger partial charge >= 0.3 is 0 Å². The molecule has 0 atom stereocenters. The first-order valence-corrected chi connectivity index (χ1v) is 3.41. The molecule has 4 heteroatoms. The zero-order valence-corrected chi connectivity index (χ0v) is 6.89. The molecule has 0 aliphatic rings. The van der Waals surface area contributed by atoms with Gasteiger partial charge in [-0.1, -0.05) is 16.6 Å². The van der Waals surface area contributed by atoms with Gasteiger partial charge in [-0.3, -0.25) is 0 Å². The Balaban J connectivity index is 0.000000500. The van der Waals surface area contributed by atoms with E-state index in [0.717, 1.165) is 10.2 Å². The summed E-state index contributed by atoms with van der Waals surface area (Å²) in [5.41, 5.74) is 0.988. The monoisotopic (exact) mass is 192 g/mol. The third-order valence-corrected chi connectivity index (χ3v) is 1.86. The summed E-state index contributed by atoms with van der Waals surface area (Å²) in [5.74, 6) is 0. The van der Waals surface area contributed by atoms with Gasteiger partial charge < -0.3 is 0 Å². The Morgan fingerprint density at radius 1 is 1.20 bits per heavy atom. The number of benzene rings is 1. The maximum Gasteiger partial charge on any atom is 0.105 e. The molecule has 10 heavy (non-hydrogen) atoms. The molecule has 1 heterocycles. The van der Waals surface area contributed by atoms with Gasteiger partial charge in [0.05, 0.1) is 4.70 Å². The third kappa shape index (κ3) is 1.19. The Bertz CT molecular complexity index is 290. The summed E-state index contributed by atoms with van der Waals surface area (Å²) in [6, 6.07) is 7.92. The predicted molar refractivity (Wildman–Crippen MR) is 37.4 cm³/mol. The Morgan fingerprint density at radius 3 is 2.80 bits per heavy atom. The van der Waals surface area contributed by atoms with Crippen LogP contribution in [0.15, 0.2) is 24.3 Å². The molecule has 1 aromatic carbocycles. The molecule has 2 rings (SSSR count). The zero-order valence-electron chi connectivity index (χ0n) is 4.97. The van der Waals surface area contributed by atoms with Gasteiger partial charge in [0.25, 0.3) is 0 Å². The average Bonchev–Trinajstić information content (AvgIpc) is 2.33. The molecule has 0 saturated carbocycles. The van der Waals surface area contributed by atoms with Crippen LogP contribution in [-0.2, 0) is 17.1 Å². The Hall–Kier alpha value is -0.441. The first-order chi connectivity index (χ1) is 4.47. The summed E-state index contributed by atoms with van der Waals surface area (Å²) < 4.78 is 4.94. The van der Waals surface area contributed by atoms with Crippen LogP contribution in [0.4, 0.5) is 0 Å². The number of aromatic nitrogens is 2. The fourth-order valence-corrected chi connectivity index (χ4v) is 1.28. The number of rotatable bonds is 0. The van der Waals surface area contributed by atoms with E-state index in [2.05, 4.69) is 9.59 Å². The summed E-state index contributed by atoms with van der Waals surface area (Å²) in [5, 5.41) is 3.89. The van der Waals surface area contributed by atoms with E-state index in [9.17, 15) is 0 Å². The first-order valence-electron chi connectivity index (χ1n) is 2.64. The molecule has 2 nitrogen and oxygen atoms in total. The van der Waals surface area contributed by atoms with Gasteiger partial charge in [0.2, 0.25) is 0 Å². The molecule has 0 bridgehead atoms. The van der Waals surface area contributed by atoms with E-state index in [1.54, 1.807) is 0 Å². The molecule has 0 amide bonds. The van der Waals surface area contributed by atoms with Crippen LogP contribution in [0.5, 0.6) is 0 Å². The second-order valence-electron chi connectivity index (χ2n) is 1.74. The normalized spacial score (nSPS) is 9.20. The van der Waals surface area contributed by atoms with E-state index < -0.39 is 0 Å². The van der Waals surface area contributed by atoms with Crippen molar-refractivity contribution in [2.75, 3.05) is 0 Å².